The molecule has 0 saturated carbocycles. The minimum absolute atomic E-state index is 0.168. The van der Waals surface area contributed by atoms with E-state index in [1.165, 1.54) is 0 Å². The Bertz CT molecular complexity index is 872. The van der Waals surface area contributed by atoms with Crippen molar-refractivity contribution < 1.29 is 13.2 Å². The maximum atomic E-state index is 12.5. The first kappa shape index (κ1) is 16.5. The molecule has 6 heteroatoms. The highest BCUT2D eigenvalue weighted by molar-refractivity contribution is 7.92. The van der Waals surface area contributed by atoms with Gasteiger partial charge in [-0.1, -0.05) is 32.0 Å². The van der Waals surface area contributed by atoms with Crippen LogP contribution in [-0.4, -0.2) is 20.9 Å². The Kier molecular flexibility index (Phi) is 4.32. The SMILES string of the molecule is CC(C)c1ccc(S(=O)(=O)Nc2ccc3c(c2)C(=O)NCC3)cc1. The molecular weight excluding hydrogens is 324 g/mol. The predicted octanol–water partition coefficient (Wildman–Crippen LogP) is 2.90. The number of carbonyl (C=O) groups is 1. The van der Waals surface area contributed by atoms with E-state index in [-0.39, 0.29) is 10.8 Å². The average molecular weight is 344 g/mol. The Morgan fingerprint density at radius 2 is 1.79 bits per heavy atom. The number of rotatable bonds is 4. The maximum Gasteiger partial charge on any atom is 0.261 e. The van der Waals surface area contributed by atoms with E-state index < -0.39 is 10.0 Å². The number of nitrogens with one attached hydrogen (secondary N) is 2. The third kappa shape index (κ3) is 3.28. The van der Waals surface area contributed by atoms with E-state index in [2.05, 4.69) is 23.9 Å². The molecule has 2 aromatic rings. The van der Waals surface area contributed by atoms with E-state index in [1.54, 1.807) is 30.3 Å². The van der Waals surface area contributed by atoms with Crippen molar-refractivity contribution in [2.75, 3.05) is 11.3 Å². The summed E-state index contributed by atoms with van der Waals surface area (Å²) in [5.41, 5.74) is 2.93. The molecule has 24 heavy (non-hydrogen) atoms. The average Bonchev–Trinajstić information content (AvgIpc) is 2.55. The molecule has 0 bridgehead atoms. The van der Waals surface area contributed by atoms with Gasteiger partial charge in [0, 0.05) is 17.8 Å². The molecule has 1 heterocycles. The van der Waals surface area contributed by atoms with Crippen LogP contribution in [0.3, 0.4) is 0 Å². The molecular formula is C18H20N2O3S. The quantitative estimate of drug-likeness (QED) is 0.895. The molecule has 0 saturated heterocycles. The van der Waals surface area contributed by atoms with Gasteiger partial charge in [0.05, 0.1) is 4.90 Å². The van der Waals surface area contributed by atoms with Gasteiger partial charge in [-0.2, -0.15) is 0 Å². The number of carbonyl (C=O) groups excluding carboxylic acids is 1. The fourth-order valence-electron chi connectivity index (χ4n) is 2.72. The summed E-state index contributed by atoms with van der Waals surface area (Å²) in [6.45, 7) is 4.72. The molecule has 2 aromatic carbocycles. The Morgan fingerprint density at radius 3 is 2.46 bits per heavy atom. The number of anilines is 1. The van der Waals surface area contributed by atoms with Crippen LogP contribution in [0.15, 0.2) is 47.4 Å². The highest BCUT2D eigenvalue weighted by Crippen LogP contribution is 2.23. The van der Waals surface area contributed by atoms with E-state index in [0.717, 1.165) is 17.5 Å². The predicted molar refractivity (Wildman–Crippen MR) is 93.8 cm³/mol. The van der Waals surface area contributed by atoms with Gasteiger partial charge in [-0.3, -0.25) is 9.52 Å². The van der Waals surface area contributed by atoms with Crippen molar-refractivity contribution in [1.82, 2.24) is 5.32 Å². The zero-order chi connectivity index (χ0) is 17.3. The lowest BCUT2D eigenvalue weighted by Gasteiger charge is -2.17. The fraction of sp³-hybridized carbons (Fsp3) is 0.278. The van der Waals surface area contributed by atoms with Crippen LogP contribution in [0.4, 0.5) is 5.69 Å². The third-order valence-electron chi connectivity index (χ3n) is 4.14. The zero-order valence-electron chi connectivity index (χ0n) is 13.7. The Morgan fingerprint density at radius 1 is 1.08 bits per heavy atom. The molecule has 0 unspecified atom stereocenters. The second-order valence-electron chi connectivity index (χ2n) is 6.21. The molecule has 2 N–H and O–H groups in total. The van der Waals surface area contributed by atoms with Crippen molar-refractivity contribution >= 4 is 21.6 Å². The van der Waals surface area contributed by atoms with Crippen molar-refractivity contribution in [2.45, 2.75) is 31.1 Å². The van der Waals surface area contributed by atoms with E-state index in [9.17, 15) is 13.2 Å². The maximum absolute atomic E-state index is 12.5. The Hall–Kier alpha value is -2.34. The zero-order valence-corrected chi connectivity index (χ0v) is 14.5. The van der Waals surface area contributed by atoms with Crippen LogP contribution in [0.2, 0.25) is 0 Å². The van der Waals surface area contributed by atoms with Crippen LogP contribution in [0.5, 0.6) is 0 Å². The number of hydrogen-bond donors (Lipinski definition) is 2. The number of benzene rings is 2. The molecule has 0 fully saturated rings. The van der Waals surface area contributed by atoms with Crippen molar-refractivity contribution in [1.29, 1.82) is 0 Å². The van der Waals surface area contributed by atoms with Crippen LogP contribution in [0.1, 0.15) is 41.3 Å². The van der Waals surface area contributed by atoms with Crippen LogP contribution < -0.4 is 10.0 Å². The molecule has 3 rings (SSSR count). The highest BCUT2D eigenvalue weighted by atomic mass is 32.2. The second kappa shape index (κ2) is 6.28. The van der Waals surface area contributed by atoms with Gasteiger partial charge in [-0.05, 0) is 47.7 Å². The van der Waals surface area contributed by atoms with Gasteiger partial charge in [-0.25, -0.2) is 8.42 Å². The monoisotopic (exact) mass is 344 g/mol. The lowest BCUT2D eigenvalue weighted by Crippen LogP contribution is -2.31. The number of sulfonamides is 1. The largest absolute Gasteiger partial charge is 0.352 e. The molecule has 1 aliphatic rings. The topological polar surface area (TPSA) is 75.3 Å². The van der Waals surface area contributed by atoms with Gasteiger partial charge in [0.1, 0.15) is 0 Å². The number of amides is 1. The van der Waals surface area contributed by atoms with Crippen molar-refractivity contribution in [3.63, 3.8) is 0 Å². The van der Waals surface area contributed by atoms with Gasteiger partial charge in [0.25, 0.3) is 15.9 Å². The van der Waals surface area contributed by atoms with Gasteiger partial charge >= 0.3 is 0 Å². The molecule has 1 aliphatic heterocycles. The van der Waals surface area contributed by atoms with Crippen LogP contribution >= 0.6 is 0 Å². The van der Waals surface area contributed by atoms with E-state index in [4.69, 9.17) is 0 Å². The summed E-state index contributed by atoms with van der Waals surface area (Å²) < 4.78 is 27.6. The van der Waals surface area contributed by atoms with Crippen LogP contribution in [0, 0.1) is 0 Å². The van der Waals surface area contributed by atoms with E-state index >= 15 is 0 Å². The molecule has 0 spiro atoms. The standard InChI is InChI=1S/C18H20N2O3S/c1-12(2)13-4-7-16(8-5-13)24(22,23)20-15-6-3-14-9-10-19-18(21)17(14)11-15/h3-8,11-12,20H,9-10H2,1-2H3,(H,19,21). The van der Waals surface area contributed by atoms with Crippen molar-refractivity contribution in [2.24, 2.45) is 0 Å². The molecule has 0 aromatic heterocycles. The lowest BCUT2D eigenvalue weighted by atomic mass is 10.00. The number of fused-ring (bicyclic) bond motifs is 1. The summed E-state index contributed by atoms with van der Waals surface area (Å²) in [7, 11) is -3.68. The Labute approximate surface area is 142 Å². The highest BCUT2D eigenvalue weighted by Gasteiger charge is 2.19. The van der Waals surface area contributed by atoms with Gasteiger partial charge in [-0.15, -0.1) is 0 Å². The van der Waals surface area contributed by atoms with Crippen LogP contribution in [-0.2, 0) is 16.4 Å². The first-order valence-corrected chi connectivity index (χ1v) is 9.39. The second-order valence-corrected chi connectivity index (χ2v) is 7.89. The number of hydrogen-bond acceptors (Lipinski definition) is 3. The third-order valence-corrected chi connectivity index (χ3v) is 5.54. The van der Waals surface area contributed by atoms with Gasteiger partial charge < -0.3 is 5.32 Å². The molecule has 126 valence electrons. The fourth-order valence-corrected chi connectivity index (χ4v) is 3.77. The van der Waals surface area contributed by atoms with Crippen molar-refractivity contribution in [3.8, 4) is 0 Å². The van der Waals surface area contributed by atoms with E-state index in [1.807, 2.05) is 12.1 Å². The lowest BCUT2D eigenvalue weighted by molar-refractivity contribution is 0.0946. The smallest absolute Gasteiger partial charge is 0.261 e. The normalized spacial score (nSPS) is 14.2. The van der Waals surface area contributed by atoms with Gasteiger partial charge in [0.15, 0.2) is 0 Å². The minimum atomic E-state index is -3.68. The van der Waals surface area contributed by atoms with E-state index in [0.29, 0.717) is 23.7 Å². The molecule has 5 nitrogen and oxygen atoms in total. The summed E-state index contributed by atoms with van der Waals surface area (Å²) >= 11 is 0. The molecule has 0 aliphatic carbocycles. The Balaban J connectivity index is 1.87. The summed E-state index contributed by atoms with van der Waals surface area (Å²) in [5, 5.41) is 2.76. The summed E-state index contributed by atoms with van der Waals surface area (Å²) in [6, 6.07) is 11.9. The summed E-state index contributed by atoms with van der Waals surface area (Å²) in [5.74, 6) is 0.174. The first-order chi connectivity index (χ1) is 11.4. The van der Waals surface area contributed by atoms with Gasteiger partial charge in [0.2, 0.25) is 0 Å². The molecule has 0 radical (unpaired) electrons. The molecule has 1 amide bonds. The van der Waals surface area contributed by atoms with Crippen LogP contribution in [0.25, 0.3) is 0 Å². The van der Waals surface area contributed by atoms with Crippen molar-refractivity contribution in [3.05, 3.63) is 59.2 Å². The first-order valence-electron chi connectivity index (χ1n) is 7.91. The minimum Gasteiger partial charge on any atom is -0.352 e. The molecule has 0 atom stereocenters. The summed E-state index contributed by atoms with van der Waals surface area (Å²) in [6.07, 6.45) is 0.755. The summed E-state index contributed by atoms with van der Waals surface area (Å²) in [4.78, 5) is 12.1.